The predicted octanol–water partition coefficient (Wildman–Crippen LogP) is 2.72. The summed E-state index contributed by atoms with van der Waals surface area (Å²) in [5, 5.41) is 0. The van der Waals surface area contributed by atoms with Gasteiger partial charge in [0.25, 0.3) is 0 Å². The van der Waals surface area contributed by atoms with Crippen LogP contribution in [0.4, 0.5) is 0 Å². The van der Waals surface area contributed by atoms with Crippen LogP contribution in [0.1, 0.15) is 23.2 Å². The Balaban J connectivity index is 1.49. The molecule has 1 aliphatic rings. The molecule has 1 fully saturated rings. The SMILES string of the molecule is COc1ccc(OCCOC(=O)c2ccc(S(=O)(=O)N3CCCC3)cc2)cc1. The van der Waals surface area contributed by atoms with Crippen LogP contribution < -0.4 is 9.47 Å². The highest BCUT2D eigenvalue weighted by Gasteiger charge is 2.27. The van der Waals surface area contributed by atoms with Gasteiger partial charge < -0.3 is 14.2 Å². The second-order valence-electron chi connectivity index (χ2n) is 6.30. The van der Waals surface area contributed by atoms with Gasteiger partial charge in [-0.2, -0.15) is 4.31 Å². The van der Waals surface area contributed by atoms with Gasteiger partial charge >= 0.3 is 5.97 Å². The summed E-state index contributed by atoms with van der Waals surface area (Å²) in [4.78, 5) is 12.3. The Morgan fingerprint density at radius 1 is 0.929 bits per heavy atom. The van der Waals surface area contributed by atoms with E-state index in [0.29, 0.717) is 24.4 Å². The van der Waals surface area contributed by atoms with Crippen molar-refractivity contribution in [2.24, 2.45) is 0 Å². The first kappa shape index (κ1) is 20.2. The molecule has 8 heteroatoms. The van der Waals surface area contributed by atoms with E-state index in [9.17, 15) is 13.2 Å². The Morgan fingerprint density at radius 2 is 1.54 bits per heavy atom. The highest BCUT2D eigenvalue weighted by Crippen LogP contribution is 2.21. The highest BCUT2D eigenvalue weighted by molar-refractivity contribution is 7.89. The third-order valence-corrected chi connectivity index (χ3v) is 6.35. The van der Waals surface area contributed by atoms with Gasteiger partial charge in [0, 0.05) is 13.1 Å². The number of rotatable bonds is 8. The number of ether oxygens (including phenoxy) is 3. The van der Waals surface area contributed by atoms with E-state index < -0.39 is 16.0 Å². The largest absolute Gasteiger partial charge is 0.497 e. The standard InChI is InChI=1S/C20H23NO6S/c1-25-17-6-8-18(9-7-17)26-14-15-27-20(22)16-4-10-19(11-5-16)28(23,24)21-12-2-3-13-21/h4-11H,2-3,12-15H2,1H3. The third kappa shape index (κ3) is 4.82. The maximum Gasteiger partial charge on any atom is 0.338 e. The molecule has 0 amide bonds. The summed E-state index contributed by atoms with van der Waals surface area (Å²) >= 11 is 0. The van der Waals surface area contributed by atoms with Crippen molar-refractivity contribution in [3.63, 3.8) is 0 Å². The lowest BCUT2D eigenvalue weighted by atomic mass is 10.2. The van der Waals surface area contributed by atoms with E-state index in [1.54, 1.807) is 31.4 Å². The third-order valence-electron chi connectivity index (χ3n) is 4.44. The van der Waals surface area contributed by atoms with Gasteiger partial charge in [-0.1, -0.05) is 0 Å². The first-order chi connectivity index (χ1) is 13.5. The van der Waals surface area contributed by atoms with E-state index in [1.165, 1.54) is 28.6 Å². The molecule has 3 rings (SSSR count). The molecule has 0 bridgehead atoms. The zero-order valence-corrected chi connectivity index (χ0v) is 16.5. The molecule has 0 atom stereocenters. The van der Waals surface area contributed by atoms with Gasteiger partial charge in [-0.25, -0.2) is 13.2 Å². The molecule has 0 N–H and O–H groups in total. The summed E-state index contributed by atoms with van der Waals surface area (Å²) in [6.45, 7) is 1.37. The second-order valence-corrected chi connectivity index (χ2v) is 8.23. The summed E-state index contributed by atoms with van der Waals surface area (Å²) in [6, 6.07) is 12.9. The van der Waals surface area contributed by atoms with Gasteiger partial charge in [-0.05, 0) is 61.4 Å². The van der Waals surface area contributed by atoms with Crippen LogP contribution in [-0.4, -0.2) is 52.1 Å². The summed E-state index contributed by atoms with van der Waals surface area (Å²) in [6.07, 6.45) is 1.75. The number of methoxy groups -OCH3 is 1. The van der Waals surface area contributed by atoms with Crippen molar-refractivity contribution >= 4 is 16.0 Å². The maximum atomic E-state index is 12.5. The number of benzene rings is 2. The molecule has 0 radical (unpaired) electrons. The van der Waals surface area contributed by atoms with Crippen LogP contribution in [0.15, 0.2) is 53.4 Å². The molecule has 2 aromatic rings. The van der Waals surface area contributed by atoms with Crippen molar-refractivity contribution < 1.29 is 27.4 Å². The van der Waals surface area contributed by atoms with Crippen molar-refractivity contribution in [3.8, 4) is 11.5 Å². The van der Waals surface area contributed by atoms with Crippen LogP contribution in [0.3, 0.4) is 0 Å². The summed E-state index contributed by atoms with van der Waals surface area (Å²) in [5.41, 5.74) is 0.296. The fourth-order valence-electron chi connectivity index (χ4n) is 2.89. The van der Waals surface area contributed by atoms with Gasteiger partial charge in [-0.3, -0.25) is 0 Å². The Kier molecular flexibility index (Phi) is 6.53. The summed E-state index contributed by atoms with van der Waals surface area (Å²) in [5.74, 6) is 0.853. The van der Waals surface area contributed by atoms with E-state index in [1.807, 2.05) is 0 Å². The van der Waals surface area contributed by atoms with Crippen molar-refractivity contribution in [2.75, 3.05) is 33.4 Å². The highest BCUT2D eigenvalue weighted by atomic mass is 32.2. The van der Waals surface area contributed by atoms with Crippen LogP contribution >= 0.6 is 0 Å². The second kappa shape index (κ2) is 9.07. The maximum absolute atomic E-state index is 12.5. The van der Waals surface area contributed by atoms with E-state index in [0.717, 1.165) is 18.6 Å². The summed E-state index contributed by atoms with van der Waals surface area (Å²) in [7, 11) is -1.90. The minimum Gasteiger partial charge on any atom is -0.497 e. The Morgan fingerprint density at radius 3 is 2.14 bits per heavy atom. The van der Waals surface area contributed by atoms with Gasteiger partial charge in [0.1, 0.15) is 24.7 Å². The van der Waals surface area contributed by atoms with Crippen LogP contribution in [-0.2, 0) is 14.8 Å². The van der Waals surface area contributed by atoms with Crippen LogP contribution in [0.2, 0.25) is 0 Å². The molecular weight excluding hydrogens is 382 g/mol. The van der Waals surface area contributed by atoms with Gasteiger partial charge in [-0.15, -0.1) is 0 Å². The van der Waals surface area contributed by atoms with Crippen LogP contribution in [0.25, 0.3) is 0 Å². The first-order valence-corrected chi connectivity index (χ1v) is 10.5. The van der Waals surface area contributed by atoms with Gasteiger partial charge in [0.05, 0.1) is 17.6 Å². The molecular formula is C20H23NO6S. The zero-order valence-electron chi connectivity index (χ0n) is 15.7. The molecule has 7 nitrogen and oxygen atoms in total. The quantitative estimate of drug-likeness (QED) is 0.496. The van der Waals surface area contributed by atoms with Crippen molar-refractivity contribution in [2.45, 2.75) is 17.7 Å². The number of carbonyl (C=O) groups excluding carboxylic acids is 1. The number of sulfonamides is 1. The molecule has 0 saturated carbocycles. The molecule has 28 heavy (non-hydrogen) atoms. The molecule has 0 aliphatic carbocycles. The molecule has 0 aromatic heterocycles. The number of hydrogen-bond acceptors (Lipinski definition) is 6. The Labute approximate surface area is 164 Å². The van der Waals surface area contributed by atoms with Crippen molar-refractivity contribution in [1.82, 2.24) is 4.31 Å². The lowest BCUT2D eigenvalue weighted by Gasteiger charge is -2.15. The molecule has 1 aliphatic heterocycles. The zero-order chi connectivity index (χ0) is 20.0. The fraction of sp³-hybridized carbons (Fsp3) is 0.350. The predicted molar refractivity (Wildman–Crippen MR) is 103 cm³/mol. The summed E-state index contributed by atoms with van der Waals surface area (Å²) < 4.78 is 42.2. The lowest BCUT2D eigenvalue weighted by Crippen LogP contribution is -2.27. The molecule has 1 heterocycles. The minimum absolute atomic E-state index is 0.0820. The van der Waals surface area contributed by atoms with Crippen molar-refractivity contribution in [1.29, 1.82) is 0 Å². The van der Waals surface area contributed by atoms with Crippen LogP contribution in [0.5, 0.6) is 11.5 Å². The Bertz CT molecular complexity index is 887. The van der Waals surface area contributed by atoms with E-state index >= 15 is 0 Å². The van der Waals surface area contributed by atoms with Gasteiger partial charge in [0.2, 0.25) is 10.0 Å². The molecule has 1 saturated heterocycles. The molecule has 2 aromatic carbocycles. The number of carbonyl (C=O) groups is 1. The van der Waals surface area contributed by atoms with E-state index in [2.05, 4.69) is 0 Å². The number of hydrogen-bond donors (Lipinski definition) is 0. The monoisotopic (exact) mass is 405 g/mol. The average Bonchev–Trinajstić information content (AvgIpc) is 3.27. The molecule has 0 spiro atoms. The lowest BCUT2D eigenvalue weighted by molar-refractivity contribution is 0.0450. The number of nitrogens with zero attached hydrogens (tertiary/aromatic N) is 1. The first-order valence-electron chi connectivity index (χ1n) is 9.05. The van der Waals surface area contributed by atoms with E-state index in [-0.39, 0.29) is 18.1 Å². The smallest absolute Gasteiger partial charge is 0.338 e. The number of esters is 1. The van der Waals surface area contributed by atoms with E-state index in [4.69, 9.17) is 14.2 Å². The molecule has 150 valence electrons. The Hall–Kier alpha value is -2.58. The normalized spacial score (nSPS) is 14.6. The van der Waals surface area contributed by atoms with Crippen LogP contribution in [0, 0.1) is 0 Å². The average molecular weight is 405 g/mol. The minimum atomic E-state index is -3.49. The molecule has 0 unspecified atom stereocenters. The topological polar surface area (TPSA) is 82.1 Å². The fourth-order valence-corrected chi connectivity index (χ4v) is 4.41. The van der Waals surface area contributed by atoms with Crippen molar-refractivity contribution in [3.05, 3.63) is 54.1 Å². The van der Waals surface area contributed by atoms with Gasteiger partial charge in [0.15, 0.2) is 0 Å².